The number of rotatable bonds is 6. The summed E-state index contributed by atoms with van der Waals surface area (Å²) in [4.78, 5) is 36.7. The van der Waals surface area contributed by atoms with E-state index in [0.29, 0.717) is 19.1 Å². The molecule has 1 aliphatic carbocycles. The summed E-state index contributed by atoms with van der Waals surface area (Å²) >= 11 is 0. The van der Waals surface area contributed by atoms with Crippen LogP contribution in [0.15, 0.2) is 42.7 Å². The highest BCUT2D eigenvalue weighted by molar-refractivity contribution is 5.96. The molecule has 158 valence electrons. The first-order valence-corrected chi connectivity index (χ1v) is 10.4. The Hall–Kier alpha value is -3.16. The number of nitrogens with zero attached hydrogens (tertiary/aromatic N) is 4. The van der Waals surface area contributed by atoms with E-state index in [4.69, 9.17) is 4.74 Å². The molecule has 0 radical (unpaired) electrons. The van der Waals surface area contributed by atoms with Crippen molar-refractivity contribution in [3.8, 4) is 6.01 Å². The molecule has 2 heterocycles. The van der Waals surface area contributed by atoms with Crippen molar-refractivity contribution in [2.24, 2.45) is 0 Å². The average Bonchev–Trinajstić information content (AvgIpc) is 3.11. The molecule has 1 N–H and O–H groups in total. The van der Waals surface area contributed by atoms with Crippen LogP contribution in [0.25, 0.3) is 0 Å². The number of benzene rings is 1. The molecule has 8 heteroatoms. The van der Waals surface area contributed by atoms with E-state index < -0.39 is 0 Å². The Labute approximate surface area is 176 Å². The van der Waals surface area contributed by atoms with Gasteiger partial charge in [0.2, 0.25) is 5.91 Å². The topological polar surface area (TPSA) is 87.7 Å². The molecule has 3 amide bonds. The number of ether oxygens (including phenoxy) is 1. The fourth-order valence-corrected chi connectivity index (χ4v) is 3.96. The maximum atomic E-state index is 12.7. The van der Waals surface area contributed by atoms with Crippen LogP contribution in [0.2, 0.25) is 0 Å². The van der Waals surface area contributed by atoms with Gasteiger partial charge in [-0.3, -0.25) is 9.69 Å². The molecule has 0 spiro atoms. The monoisotopic (exact) mass is 409 g/mol. The Morgan fingerprint density at radius 1 is 1.10 bits per heavy atom. The van der Waals surface area contributed by atoms with Crippen LogP contribution in [0.5, 0.6) is 6.01 Å². The van der Waals surface area contributed by atoms with E-state index in [1.54, 1.807) is 28.3 Å². The minimum Gasteiger partial charge on any atom is -0.460 e. The van der Waals surface area contributed by atoms with E-state index in [1.165, 1.54) is 0 Å². The number of nitrogens with one attached hydrogen (secondary N) is 1. The molecule has 4 rings (SSSR count). The molecular weight excluding hydrogens is 382 g/mol. The number of anilines is 1. The zero-order valence-corrected chi connectivity index (χ0v) is 17.2. The van der Waals surface area contributed by atoms with Crippen molar-refractivity contribution < 1.29 is 14.3 Å². The molecule has 1 saturated carbocycles. The summed E-state index contributed by atoms with van der Waals surface area (Å²) in [6.07, 6.45) is 6.75. The first-order chi connectivity index (χ1) is 14.6. The van der Waals surface area contributed by atoms with Gasteiger partial charge in [0.1, 0.15) is 12.6 Å². The van der Waals surface area contributed by atoms with Gasteiger partial charge in [0.05, 0.1) is 0 Å². The van der Waals surface area contributed by atoms with Crippen LogP contribution < -0.4 is 15.0 Å². The van der Waals surface area contributed by atoms with Gasteiger partial charge in [0.25, 0.3) is 0 Å². The number of hydrogen-bond donors (Lipinski definition) is 1. The number of aryl methyl sites for hydroxylation is 1. The van der Waals surface area contributed by atoms with Crippen LogP contribution in [-0.2, 0) is 4.79 Å². The standard InChI is InChI=1S/C22H27N5O3/c1-16-3-7-18(8-4-16)27-14-13-26(22(27)29)15-20(28)25-17-5-9-19(10-6-17)30-21-23-11-2-12-24-21/h2-4,7-8,11-12,17,19H,5-6,9-10,13-15H2,1H3,(H,25,28). The van der Waals surface area contributed by atoms with Gasteiger partial charge in [-0.05, 0) is 50.8 Å². The summed E-state index contributed by atoms with van der Waals surface area (Å²) in [5.74, 6) is -0.107. The predicted molar refractivity (Wildman–Crippen MR) is 112 cm³/mol. The second-order valence-electron chi connectivity index (χ2n) is 7.88. The molecule has 1 aromatic carbocycles. The highest BCUT2D eigenvalue weighted by atomic mass is 16.5. The fourth-order valence-electron chi connectivity index (χ4n) is 3.96. The summed E-state index contributed by atoms with van der Waals surface area (Å²) in [6, 6.07) is 10.0. The van der Waals surface area contributed by atoms with Crippen LogP contribution in [0.4, 0.5) is 10.5 Å². The van der Waals surface area contributed by atoms with E-state index in [2.05, 4.69) is 15.3 Å². The van der Waals surface area contributed by atoms with E-state index >= 15 is 0 Å². The highest BCUT2D eigenvalue weighted by Gasteiger charge is 2.31. The third kappa shape index (κ3) is 4.87. The molecule has 8 nitrogen and oxygen atoms in total. The maximum absolute atomic E-state index is 12.7. The summed E-state index contributed by atoms with van der Waals surface area (Å²) in [5, 5.41) is 3.07. The van der Waals surface area contributed by atoms with Crippen LogP contribution in [-0.4, -0.2) is 58.6 Å². The third-order valence-electron chi connectivity index (χ3n) is 5.63. The summed E-state index contributed by atoms with van der Waals surface area (Å²) in [6.45, 7) is 3.26. The third-order valence-corrected chi connectivity index (χ3v) is 5.63. The average molecular weight is 409 g/mol. The molecule has 1 aromatic heterocycles. The molecule has 2 aliphatic rings. The minimum absolute atomic E-state index is 0.0729. The van der Waals surface area contributed by atoms with Crippen molar-refractivity contribution >= 4 is 17.6 Å². The Bertz CT molecular complexity index is 866. The smallest absolute Gasteiger partial charge is 0.325 e. The van der Waals surface area contributed by atoms with Crippen LogP contribution in [0.1, 0.15) is 31.2 Å². The van der Waals surface area contributed by atoms with E-state index in [9.17, 15) is 9.59 Å². The molecule has 0 bridgehead atoms. The van der Waals surface area contributed by atoms with E-state index in [0.717, 1.165) is 36.9 Å². The Morgan fingerprint density at radius 2 is 1.80 bits per heavy atom. The number of carbonyl (C=O) groups excluding carboxylic acids is 2. The minimum atomic E-state index is -0.117. The molecule has 0 unspecified atom stereocenters. The van der Waals surface area contributed by atoms with Crippen molar-refractivity contribution in [1.82, 2.24) is 20.2 Å². The van der Waals surface area contributed by atoms with Gasteiger partial charge >= 0.3 is 12.0 Å². The molecule has 1 saturated heterocycles. The number of hydrogen-bond acceptors (Lipinski definition) is 5. The highest BCUT2D eigenvalue weighted by Crippen LogP contribution is 2.23. The Kier molecular flexibility index (Phi) is 6.11. The summed E-state index contributed by atoms with van der Waals surface area (Å²) in [5.41, 5.74) is 2.02. The lowest BCUT2D eigenvalue weighted by atomic mass is 9.93. The van der Waals surface area contributed by atoms with E-state index in [1.807, 2.05) is 31.2 Å². The molecule has 0 atom stereocenters. The van der Waals surface area contributed by atoms with Gasteiger partial charge in [0.15, 0.2) is 0 Å². The van der Waals surface area contributed by atoms with Crippen molar-refractivity contribution in [2.75, 3.05) is 24.5 Å². The molecule has 1 aliphatic heterocycles. The SMILES string of the molecule is Cc1ccc(N2CCN(CC(=O)NC3CCC(Oc4ncccn4)CC3)C2=O)cc1. The maximum Gasteiger partial charge on any atom is 0.325 e. The lowest BCUT2D eigenvalue weighted by Crippen LogP contribution is -2.45. The Morgan fingerprint density at radius 3 is 2.50 bits per heavy atom. The van der Waals surface area contributed by atoms with Crippen molar-refractivity contribution in [3.05, 3.63) is 48.3 Å². The van der Waals surface area contributed by atoms with Crippen molar-refractivity contribution in [3.63, 3.8) is 0 Å². The number of urea groups is 1. The number of amides is 3. The molecule has 2 aromatic rings. The fraction of sp³-hybridized carbons (Fsp3) is 0.455. The number of carbonyl (C=O) groups is 2. The zero-order chi connectivity index (χ0) is 20.9. The van der Waals surface area contributed by atoms with Crippen LogP contribution in [0.3, 0.4) is 0 Å². The van der Waals surface area contributed by atoms with Crippen molar-refractivity contribution in [2.45, 2.75) is 44.8 Å². The first-order valence-electron chi connectivity index (χ1n) is 10.4. The second-order valence-corrected chi connectivity index (χ2v) is 7.88. The lowest BCUT2D eigenvalue weighted by Gasteiger charge is -2.29. The normalized spacial score (nSPS) is 21.6. The Balaban J connectivity index is 1.22. The molecular formula is C22H27N5O3. The summed E-state index contributed by atoms with van der Waals surface area (Å²) in [7, 11) is 0. The van der Waals surface area contributed by atoms with Gasteiger partial charge in [-0.2, -0.15) is 0 Å². The summed E-state index contributed by atoms with van der Waals surface area (Å²) < 4.78 is 5.80. The van der Waals surface area contributed by atoms with Crippen molar-refractivity contribution in [1.29, 1.82) is 0 Å². The van der Waals surface area contributed by atoms with Crippen LogP contribution in [0, 0.1) is 6.92 Å². The quantitative estimate of drug-likeness (QED) is 0.792. The second kappa shape index (κ2) is 9.11. The van der Waals surface area contributed by atoms with Gasteiger partial charge < -0.3 is 15.0 Å². The number of aromatic nitrogens is 2. The van der Waals surface area contributed by atoms with Crippen LogP contribution >= 0.6 is 0 Å². The largest absolute Gasteiger partial charge is 0.460 e. The van der Waals surface area contributed by atoms with Gasteiger partial charge in [-0.15, -0.1) is 0 Å². The predicted octanol–water partition coefficient (Wildman–Crippen LogP) is 2.53. The zero-order valence-electron chi connectivity index (χ0n) is 17.2. The lowest BCUT2D eigenvalue weighted by molar-refractivity contribution is -0.122. The van der Waals surface area contributed by atoms with Gasteiger partial charge in [-0.1, -0.05) is 17.7 Å². The van der Waals surface area contributed by atoms with E-state index in [-0.39, 0.29) is 30.6 Å². The van der Waals surface area contributed by atoms with Gasteiger partial charge in [-0.25, -0.2) is 14.8 Å². The van der Waals surface area contributed by atoms with Gasteiger partial charge in [0, 0.05) is 37.2 Å². The molecule has 2 fully saturated rings. The first kappa shape index (κ1) is 20.1. The molecule has 30 heavy (non-hydrogen) atoms.